The minimum absolute atomic E-state index is 0.0300. The van der Waals surface area contributed by atoms with E-state index in [0.717, 1.165) is 84.6 Å². The van der Waals surface area contributed by atoms with E-state index in [9.17, 15) is 54.7 Å². The Labute approximate surface area is 561 Å². The van der Waals surface area contributed by atoms with Gasteiger partial charge in [-0.25, -0.2) is 14.2 Å². The number of pyridine rings is 1. The summed E-state index contributed by atoms with van der Waals surface area (Å²) >= 11 is 0. The number of fused-ring (bicyclic) bond motifs is 2. The number of halogens is 7. The lowest BCUT2D eigenvalue weighted by Gasteiger charge is -2.44. The van der Waals surface area contributed by atoms with Gasteiger partial charge < -0.3 is 48.9 Å². The van der Waals surface area contributed by atoms with Gasteiger partial charge in [0.2, 0.25) is 11.8 Å². The average molecular weight is 1350 g/mol. The van der Waals surface area contributed by atoms with Gasteiger partial charge in [-0.2, -0.15) is 26.3 Å². The van der Waals surface area contributed by atoms with Crippen LogP contribution < -0.4 is 10.6 Å². The molecule has 0 saturated carbocycles. The van der Waals surface area contributed by atoms with Crippen LogP contribution in [0.4, 0.5) is 46.9 Å². The van der Waals surface area contributed by atoms with Crippen molar-refractivity contribution in [2.24, 2.45) is 0 Å². The molecule has 6 aromatic rings. The molecule has 1 aromatic heterocycles. The van der Waals surface area contributed by atoms with Gasteiger partial charge in [-0.05, 0) is 142 Å². The number of piperidine rings is 2. The van der Waals surface area contributed by atoms with E-state index in [2.05, 4.69) is 37.6 Å². The summed E-state index contributed by atoms with van der Waals surface area (Å²) in [5, 5.41) is 6.28. The summed E-state index contributed by atoms with van der Waals surface area (Å²) in [7, 11) is 5.24. The first-order valence-corrected chi connectivity index (χ1v) is 33.2. The monoisotopic (exact) mass is 1350 g/mol. The van der Waals surface area contributed by atoms with Gasteiger partial charge in [0.25, 0.3) is 11.8 Å². The molecule has 3 saturated heterocycles. The molecule has 24 heteroatoms. The van der Waals surface area contributed by atoms with Gasteiger partial charge >= 0.3 is 18.4 Å². The lowest BCUT2D eigenvalue weighted by molar-refractivity contribution is -0.143. The number of rotatable bonds is 26. The molecule has 2 N–H and O–H groups in total. The number of hydrogen-bond acceptors (Lipinski definition) is 12. The summed E-state index contributed by atoms with van der Waals surface area (Å²) < 4.78 is 116. The summed E-state index contributed by atoms with van der Waals surface area (Å²) in [4.78, 5) is 81.6. The van der Waals surface area contributed by atoms with Crippen LogP contribution in [0.3, 0.4) is 0 Å². The molecule has 4 aliphatic rings. The van der Waals surface area contributed by atoms with Crippen LogP contribution in [-0.2, 0) is 53.6 Å². The lowest BCUT2D eigenvalue weighted by Crippen LogP contribution is -2.50. The zero-order valence-electron chi connectivity index (χ0n) is 54.9. The highest BCUT2D eigenvalue weighted by Crippen LogP contribution is 2.48. The fourth-order valence-corrected chi connectivity index (χ4v) is 13.6. The summed E-state index contributed by atoms with van der Waals surface area (Å²) in [5.41, 5.74) is 0.789. The highest BCUT2D eigenvalue weighted by molar-refractivity contribution is 5.95. The number of likely N-dealkylation sites (N-methyl/N-ethyl adjacent to an activating group) is 2. The van der Waals surface area contributed by atoms with Crippen molar-refractivity contribution in [3.63, 3.8) is 0 Å². The van der Waals surface area contributed by atoms with Gasteiger partial charge in [0.05, 0.1) is 41.3 Å². The number of nitrogens with one attached hydrogen (secondary N) is 2. The average Bonchev–Trinajstić information content (AvgIpc) is 1.61. The summed E-state index contributed by atoms with van der Waals surface area (Å²) in [5.74, 6) is -1.96. The topological polar surface area (TPSA) is 169 Å². The Morgan fingerprint density at radius 2 is 1.35 bits per heavy atom. The molecule has 5 amide bonds. The molecule has 17 nitrogen and oxygen atoms in total. The van der Waals surface area contributed by atoms with Crippen LogP contribution in [0.15, 0.2) is 140 Å². The van der Waals surface area contributed by atoms with Crippen LogP contribution in [0.5, 0.6) is 0 Å². The molecule has 4 heterocycles. The van der Waals surface area contributed by atoms with Crippen molar-refractivity contribution in [2.75, 3.05) is 117 Å². The molecule has 0 unspecified atom stereocenters. The molecule has 2 atom stereocenters. The van der Waals surface area contributed by atoms with Crippen molar-refractivity contribution in [1.29, 1.82) is 0 Å². The maximum atomic E-state index is 14.2. The third-order valence-electron chi connectivity index (χ3n) is 19.4. The van der Waals surface area contributed by atoms with Crippen LogP contribution in [0.25, 0.3) is 11.1 Å². The molecule has 1 spiro atoms. The first-order valence-electron chi connectivity index (χ1n) is 33.2. The van der Waals surface area contributed by atoms with Gasteiger partial charge in [0.1, 0.15) is 36.6 Å². The Hall–Kier alpha value is -8.45. The van der Waals surface area contributed by atoms with Crippen LogP contribution in [0.1, 0.15) is 113 Å². The number of carbonyl (C=O) groups excluding carboxylic acids is 5. The number of carbonyl (C=O) groups is 5. The Morgan fingerprint density at radius 1 is 0.691 bits per heavy atom. The molecule has 3 fully saturated rings. The molecular formula is C73H84F7N9O8. The van der Waals surface area contributed by atoms with E-state index in [1.54, 1.807) is 41.1 Å². The number of aromatic nitrogens is 1. The predicted molar refractivity (Wildman–Crippen MR) is 353 cm³/mol. The lowest BCUT2D eigenvalue weighted by atomic mass is 9.72. The highest BCUT2D eigenvalue weighted by Gasteiger charge is 2.50. The maximum Gasteiger partial charge on any atom is 0.416 e. The van der Waals surface area contributed by atoms with Gasteiger partial charge in [0.15, 0.2) is 0 Å². The third kappa shape index (κ3) is 18.2. The Balaban J connectivity index is 0.604. The largest absolute Gasteiger partial charge is 0.446 e. The van der Waals surface area contributed by atoms with Crippen molar-refractivity contribution >= 4 is 41.1 Å². The zero-order chi connectivity index (χ0) is 68.9. The number of likely N-dealkylation sites (tertiary alicyclic amines) is 2. The molecule has 0 radical (unpaired) electrons. The second-order valence-corrected chi connectivity index (χ2v) is 25.8. The van der Waals surface area contributed by atoms with Crippen LogP contribution >= 0.6 is 0 Å². The van der Waals surface area contributed by atoms with Crippen LogP contribution in [0.2, 0.25) is 0 Å². The van der Waals surface area contributed by atoms with Crippen molar-refractivity contribution in [3.8, 4) is 11.1 Å². The number of alkyl halides is 6. The molecule has 5 aromatic carbocycles. The summed E-state index contributed by atoms with van der Waals surface area (Å²) in [6.07, 6.45) is -2.54. The SMILES string of the molecule is CN(CCN1CCC(OC(=O)Nc2ccccc2-c2ccccc2)CC1)C(=O)CCCCCNc1ccc(C(=O)N(C)CCCN(C)C(=O)CO[C@H]2Cc3ccccc3C23CCN(CC[C@@]2(c4ccc(F)cc4)CN(C(=O)c4cc(C(F)(F)F)cc(C(F)(F)F)c4)CO2)CC3)nc1. The molecule has 3 aliphatic heterocycles. The number of anilines is 2. The van der Waals surface area contributed by atoms with Gasteiger partial charge in [-0.1, -0.05) is 91.3 Å². The van der Waals surface area contributed by atoms with Crippen molar-refractivity contribution < 1.29 is 68.9 Å². The Bertz CT molecular complexity index is 3630. The number of para-hydroxylation sites is 1. The Morgan fingerprint density at radius 3 is 2.05 bits per heavy atom. The number of ether oxygens (including phenoxy) is 3. The minimum Gasteiger partial charge on any atom is -0.446 e. The number of amides is 5. The van der Waals surface area contributed by atoms with Gasteiger partial charge in [0, 0.05) is 96.5 Å². The van der Waals surface area contributed by atoms with Crippen molar-refractivity contribution in [3.05, 3.63) is 185 Å². The summed E-state index contributed by atoms with van der Waals surface area (Å²) in [6.45, 7) is 5.17. The van der Waals surface area contributed by atoms with Gasteiger partial charge in [-0.3, -0.25) is 24.5 Å². The molecular weight excluding hydrogens is 1260 g/mol. The fourth-order valence-electron chi connectivity index (χ4n) is 13.6. The van der Waals surface area contributed by atoms with E-state index in [-0.39, 0.29) is 61.3 Å². The Kier molecular flexibility index (Phi) is 23.4. The number of nitrogens with zero attached hydrogens (tertiary/aromatic N) is 7. The van der Waals surface area contributed by atoms with E-state index in [0.29, 0.717) is 101 Å². The second kappa shape index (κ2) is 31.8. The quantitative estimate of drug-likeness (QED) is 0.0390. The second-order valence-electron chi connectivity index (χ2n) is 25.8. The number of benzene rings is 5. The molecule has 1 aliphatic carbocycles. The third-order valence-corrected chi connectivity index (χ3v) is 19.4. The van der Waals surface area contributed by atoms with Gasteiger partial charge in [-0.15, -0.1) is 0 Å². The van der Waals surface area contributed by atoms with E-state index < -0.39 is 64.6 Å². The van der Waals surface area contributed by atoms with E-state index >= 15 is 0 Å². The number of hydrogen-bond donors (Lipinski definition) is 2. The molecule has 10 rings (SSSR count). The molecule has 97 heavy (non-hydrogen) atoms. The molecule has 0 bridgehead atoms. The highest BCUT2D eigenvalue weighted by atomic mass is 19.4. The first kappa shape index (κ1) is 71.3. The fraction of sp³-hybridized carbons (Fsp3) is 0.452. The molecule has 518 valence electrons. The predicted octanol–water partition coefficient (Wildman–Crippen LogP) is 12.4. The first-order chi connectivity index (χ1) is 46.5. The zero-order valence-corrected chi connectivity index (χ0v) is 54.9. The maximum absolute atomic E-state index is 14.2. The minimum atomic E-state index is -5.15. The van der Waals surface area contributed by atoms with Crippen LogP contribution in [-0.4, -0.2) is 183 Å². The normalized spacial score (nSPS) is 18.2. The number of unbranched alkanes of at least 4 members (excludes halogenated alkanes) is 2. The van der Waals surface area contributed by atoms with Crippen LogP contribution in [0, 0.1) is 5.82 Å². The van der Waals surface area contributed by atoms with Crippen molar-refractivity contribution in [2.45, 2.75) is 106 Å². The van der Waals surface area contributed by atoms with E-state index in [1.165, 1.54) is 24.3 Å². The van der Waals surface area contributed by atoms with E-state index in [4.69, 9.17) is 14.2 Å². The van der Waals surface area contributed by atoms with Crippen molar-refractivity contribution in [1.82, 2.24) is 34.4 Å². The summed E-state index contributed by atoms with van der Waals surface area (Å²) in [6, 6.07) is 35.4. The standard InChI is InChI=1S/C73H84F7N9O8/c1-84(34-14-35-86(3)68(93)63-27-26-58(47-82-63)81-33-13-5-8-21-65(90)85(2)41-42-87-36-28-59(29-37-87)97-69(94)83-62-20-12-10-18-60(62)51-15-6-4-7-16-51)66(91)48-95-64-45-52-17-9-11-19-61(52)70(64)30-38-88(39-31-70)40-32-71(54-22-24-57(74)25-23-54)49-89(50-96-71)67(92)53-43-55(72(75,76)77)46-56(44-53)73(78,79)80/h4,6-7,9-12,15-20,22-27,43-44,46-47,59,64,81H,5,8,13-14,21,28-42,45,48-50H2,1-3H3,(H,83,94)/t64-,71-/m0/s1. The smallest absolute Gasteiger partial charge is 0.416 e. The van der Waals surface area contributed by atoms with E-state index in [1.807, 2.05) is 79.8 Å².